The molecule has 0 amide bonds. The first-order valence-electron chi connectivity index (χ1n) is 6.47. The summed E-state index contributed by atoms with van der Waals surface area (Å²) in [5.74, 6) is 0.297. The average Bonchev–Trinajstić information content (AvgIpc) is 2.42. The van der Waals surface area contributed by atoms with Crippen molar-refractivity contribution in [3.63, 3.8) is 0 Å². The highest BCUT2D eigenvalue weighted by Gasteiger charge is 2.21. The number of rotatable bonds is 4. The van der Waals surface area contributed by atoms with Gasteiger partial charge in [0.1, 0.15) is 0 Å². The molecule has 2 rings (SSSR count). The van der Waals surface area contributed by atoms with Crippen LogP contribution in [0.5, 0.6) is 0 Å². The second-order valence-corrected chi connectivity index (χ2v) is 5.25. The number of hydrogen-bond donors (Lipinski definition) is 1. The molecule has 1 aromatic heterocycles. The molecule has 1 aromatic carbocycles. The van der Waals surface area contributed by atoms with Crippen molar-refractivity contribution >= 4 is 11.6 Å². The van der Waals surface area contributed by atoms with E-state index in [0.29, 0.717) is 5.92 Å². The molecular formula is C16H19ClN2. The van der Waals surface area contributed by atoms with Crippen molar-refractivity contribution in [2.24, 2.45) is 0 Å². The van der Waals surface area contributed by atoms with Crippen molar-refractivity contribution in [2.45, 2.75) is 25.8 Å². The molecule has 3 heteroatoms. The van der Waals surface area contributed by atoms with Gasteiger partial charge in [-0.2, -0.15) is 0 Å². The molecule has 0 spiro atoms. The third kappa shape index (κ3) is 3.14. The number of nitrogens with zero attached hydrogens (tertiary/aromatic N) is 1. The van der Waals surface area contributed by atoms with Crippen LogP contribution in [0.15, 0.2) is 42.6 Å². The van der Waals surface area contributed by atoms with Gasteiger partial charge >= 0.3 is 0 Å². The molecule has 0 bridgehead atoms. The highest BCUT2D eigenvalue weighted by Crippen LogP contribution is 2.31. The molecule has 0 saturated heterocycles. The molecule has 0 aliphatic rings. The maximum absolute atomic E-state index is 6.03. The van der Waals surface area contributed by atoms with E-state index in [1.807, 2.05) is 37.5 Å². The van der Waals surface area contributed by atoms with Crippen LogP contribution in [0.25, 0.3) is 0 Å². The monoisotopic (exact) mass is 274 g/mol. The number of aromatic nitrogens is 1. The Hall–Kier alpha value is -1.38. The fourth-order valence-corrected chi connectivity index (χ4v) is 2.71. The quantitative estimate of drug-likeness (QED) is 0.908. The third-order valence-corrected chi connectivity index (χ3v) is 3.77. The lowest BCUT2D eigenvalue weighted by molar-refractivity contribution is 0.497. The van der Waals surface area contributed by atoms with E-state index in [2.05, 4.69) is 36.3 Å². The molecule has 2 atom stereocenters. The van der Waals surface area contributed by atoms with Crippen LogP contribution in [-0.2, 0) is 0 Å². The molecule has 1 N–H and O–H groups in total. The first-order chi connectivity index (χ1) is 9.13. The topological polar surface area (TPSA) is 24.9 Å². The van der Waals surface area contributed by atoms with Gasteiger partial charge in [-0.25, -0.2) is 0 Å². The first-order valence-corrected chi connectivity index (χ1v) is 6.85. The average molecular weight is 275 g/mol. The summed E-state index contributed by atoms with van der Waals surface area (Å²) in [5.41, 5.74) is 3.57. The summed E-state index contributed by atoms with van der Waals surface area (Å²) in [5, 5.41) is 4.17. The van der Waals surface area contributed by atoms with Gasteiger partial charge in [0.05, 0.1) is 0 Å². The summed E-state index contributed by atoms with van der Waals surface area (Å²) in [6.45, 7) is 4.29. The molecule has 2 nitrogen and oxygen atoms in total. The van der Waals surface area contributed by atoms with Gasteiger partial charge in [-0.3, -0.25) is 4.98 Å². The SMILES string of the molecule is CNC(c1ccc(Cl)cc1C)C(C)c1ccccn1. The van der Waals surface area contributed by atoms with E-state index in [4.69, 9.17) is 11.6 Å². The van der Waals surface area contributed by atoms with Crippen LogP contribution in [0.1, 0.15) is 35.7 Å². The van der Waals surface area contributed by atoms with E-state index in [0.717, 1.165) is 10.7 Å². The molecule has 0 radical (unpaired) electrons. The van der Waals surface area contributed by atoms with Crippen molar-refractivity contribution in [3.05, 3.63) is 64.4 Å². The molecule has 1 heterocycles. The van der Waals surface area contributed by atoms with E-state index < -0.39 is 0 Å². The number of pyridine rings is 1. The highest BCUT2D eigenvalue weighted by atomic mass is 35.5. The van der Waals surface area contributed by atoms with Gasteiger partial charge in [0.2, 0.25) is 0 Å². The second kappa shape index (κ2) is 6.18. The van der Waals surface area contributed by atoms with E-state index in [-0.39, 0.29) is 6.04 Å². The van der Waals surface area contributed by atoms with Crippen molar-refractivity contribution in [3.8, 4) is 0 Å². The molecule has 19 heavy (non-hydrogen) atoms. The van der Waals surface area contributed by atoms with Gasteiger partial charge in [-0.15, -0.1) is 0 Å². The minimum absolute atomic E-state index is 0.229. The van der Waals surface area contributed by atoms with Crippen LogP contribution in [-0.4, -0.2) is 12.0 Å². The van der Waals surface area contributed by atoms with Crippen LogP contribution >= 0.6 is 11.6 Å². The number of benzene rings is 1. The Labute approximate surface area is 119 Å². The Morgan fingerprint density at radius 2 is 2.00 bits per heavy atom. The summed E-state index contributed by atoms with van der Waals surface area (Å²) in [4.78, 5) is 4.45. The number of aryl methyl sites for hydroxylation is 1. The summed E-state index contributed by atoms with van der Waals surface area (Å²) in [6.07, 6.45) is 1.84. The summed E-state index contributed by atoms with van der Waals surface area (Å²) in [6, 6.07) is 12.3. The maximum atomic E-state index is 6.03. The van der Waals surface area contributed by atoms with Crippen molar-refractivity contribution in [1.29, 1.82) is 0 Å². The largest absolute Gasteiger partial charge is 0.312 e. The molecule has 2 aromatic rings. The van der Waals surface area contributed by atoms with Crippen LogP contribution < -0.4 is 5.32 Å². The lowest BCUT2D eigenvalue weighted by Crippen LogP contribution is -2.23. The molecule has 0 fully saturated rings. The minimum atomic E-state index is 0.229. The third-order valence-electron chi connectivity index (χ3n) is 3.53. The van der Waals surface area contributed by atoms with E-state index >= 15 is 0 Å². The Morgan fingerprint density at radius 3 is 2.58 bits per heavy atom. The summed E-state index contributed by atoms with van der Waals surface area (Å²) >= 11 is 6.03. The summed E-state index contributed by atoms with van der Waals surface area (Å²) < 4.78 is 0. The zero-order chi connectivity index (χ0) is 13.8. The van der Waals surface area contributed by atoms with Gasteiger partial charge in [0, 0.05) is 28.9 Å². The Balaban J connectivity index is 2.34. The maximum Gasteiger partial charge on any atom is 0.0450 e. The normalized spacial score (nSPS) is 14.1. The number of likely N-dealkylation sites (N-methyl/N-ethyl adjacent to an activating group) is 1. The van der Waals surface area contributed by atoms with E-state index in [9.17, 15) is 0 Å². The second-order valence-electron chi connectivity index (χ2n) is 4.81. The van der Waals surface area contributed by atoms with Crippen LogP contribution in [0.3, 0.4) is 0 Å². The molecule has 2 unspecified atom stereocenters. The highest BCUT2D eigenvalue weighted by molar-refractivity contribution is 6.30. The molecule has 0 saturated carbocycles. The standard InChI is InChI=1S/C16H19ClN2/c1-11-10-13(17)7-8-14(11)16(18-3)12(2)15-6-4-5-9-19-15/h4-10,12,16,18H,1-3H3. The lowest BCUT2D eigenvalue weighted by atomic mass is 9.89. The number of nitrogens with one attached hydrogen (secondary N) is 1. The van der Waals surface area contributed by atoms with Crippen molar-refractivity contribution < 1.29 is 0 Å². The van der Waals surface area contributed by atoms with E-state index in [1.165, 1.54) is 11.1 Å². The minimum Gasteiger partial charge on any atom is -0.312 e. The predicted molar refractivity (Wildman–Crippen MR) is 80.6 cm³/mol. The van der Waals surface area contributed by atoms with E-state index in [1.54, 1.807) is 0 Å². The molecular weight excluding hydrogens is 256 g/mol. The van der Waals surface area contributed by atoms with Crippen LogP contribution in [0.2, 0.25) is 5.02 Å². The van der Waals surface area contributed by atoms with Crippen molar-refractivity contribution in [2.75, 3.05) is 7.05 Å². The number of hydrogen-bond acceptors (Lipinski definition) is 2. The molecule has 100 valence electrons. The van der Waals surface area contributed by atoms with Gasteiger partial charge in [0.15, 0.2) is 0 Å². The van der Waals surface area contributed by atoms with Crippen LogP contribution in [0, 0.1) is 6.92 Å². The van der Waals surface area contributed by atoms with Gasteiger partial charge < -0.3 is 5.32 Å². The molecule has 0 aliphatic heterocycles. The zero-order valence-corrected chi connectivity index (χ0v) is 12.3. The Kier molecular flexibility index (Phi) is 4.56. The zero-order valence-electron chi connectivity index (χ0n) is 11.5. The van der Waals surface area contributed by atoms with Crippen molar-refractivity contribution in [1.82, 2.24) is 10.3 Å². The summed E-state index contributed by atoms with van der Waals surface area (Å²) in [7, 11) is 1.98. The first kappa shape index (κ1) is 14.0. The smallest absolute Gasteiger partial charge is 0.0450 e. The fourth-order valence-electron chi connectivity index (χ4n) is 2.48. The lowest BCUT2D eigenvalue weighted by Gasteiger charge is -2.25. The Morgan fingerprint density at radius 1 is 1.21 bits per heavy atom. The van der Waals surface area contributed by atoms with Gasteiger partial charge in [-0.05, 0) is 49.4 Å². The fraction of sp³-hybridized carbons (Fsp3) is 0.312. The Bertz CT molecular complexity index is 540. The van der Waals surface area contributed by atoms with Crippen LogP contribution in [0.4, 0.5) is 0 Å². The predicted octanol–water partition coefficient (Wildman–Crippen LogP) is 4.11. The number of halogens is 1. The van der Waals surface area contributed by atoms with Gasteiger partial charge in [0.25, 0.3) is 0 Å². The van der Waals surface area contributed by atoms with Gasteiger partial charge in [-0.1, -0.05) is 30.7 Å². The molecule has 0 aliphatic carbocycles.